The SMILES string of the molecule is CCNC(=O)[C@H](Cc1ccccc1)N(Cc1c(Cl)cccc1Cl)C(=O)CN(c1ccc(OCC)cc1)S(=O)(=O)c1ccc(F)cc1. The van der Waals surface area contributed by atoms with Gasteiger partial charge in [-0.15, -0.1) is 0 Å². The quantitative estimate of drug-likeness (QED) is 0.163. The molecule has 8 nitrogen and oxygen atoms in total. The molecule has 1 N–H and O–H groups in total. The minimum absolute atomic E-state index is 0.133. The molecule has 0 unspecified atom stereocenters. The molecule has 0 aliphatic heterocycles. The van der Waals surface area contributed by atoms with Crippen molar-refractivity contribution < 1.29 is 27.1 Å². The third-order valence-corrected chi connectivity index (χ3v) is 9.62. The van der Waals surface area contributed by atoms with Crippen LogP contribution in [-0.2, 0) is 32.6 Å². The van der Waals surface area contributed by atoms with E-state index in [4.69, 9.17) is 27.9 Å². The summed E-state index contributed by atoms with van der Waals surface area (Å²) in [4.78, 5) is 29.1. The topological polar surface area (TPSA) is 96.0 Å². The number of carbonyl (C=O) groups is 2. The highest BCUT2D eigenvalue weighted by atomic mass is 35.5. The zero-order valence-electron chi connectivity index (χ0n) is 25.3. The Kier molecular flexibility index (Phi) is 12.0. The molecule has 12 heteroatoms. The van der Waals surface area contributed by atoms with Gasteiger partial charge in [-0.05, 0) is 80.1 Å². The van der Waals surface area contributed by atoms with Crippen LogP contribution in [0.2, 0.25) is 10.0 Å². The zero-order valence-corrected chi connectivity index (χ0v) is 27.7. The maximum Gasteiger partial charge on any atom is 0.264 e. The van der Waals surface area contributed by atoms with E-state index in [1.165, 1.54) is 17.0 Å². The molecule has 1 atom stereocenters. The third kappa shape index (κ3) is 8.57. The van der Waals surface area contributed by atoms with E-state index in [0.717, 1.165) is 34.1 Å². The van der Waals surface area contributed by atoms with Crippen LogP contribution in [0.25, 0.3) is 0 Å². The molecule has 0 bridgehead atoms. The second-order valence-corrected chi connectivity index (χ2v) is 12.9. The summed E-state index contributed by atoms with van der Waals surface area (Å²) in [5, 5.41) is 3.36. The molecule has 0 heterocycles. The van der Waals surface area contributed by atoms with Gasteiger partial charge >= 0.3 is 0 Å². The molecule has 4 aromatic rings. The molecule has 4 aromatic carbocycles. The fourth-order valence-corrected chi connectivity index (χ4v) is 6.77. The van der Waals surface area contributed by atoms with Crippen molar-refractivity contribution in [3.63, 3.8) is 0 Å². The van der Waals surface area contributed by atoms with E-state index in [2.05, 4.69) is 5.32 Å². The van der Waals surface area contributed by atoms with Crippen molar-refractivity contribution in [3.05, 3.63) is 124 Å². The first-order chi connectivity index (χ1) is 22.0. The van der Waals surface area contributed by atoms with E-state index in [9.17, 15) is 22.4 Å². The summed E-state index contributed by atoms with van der Waals surface area (Å²) >= 11 is 13.0. The Hall–Kier alpha value is -4.12. The lowest BCUT2D eigenvalue weighted by atomic mass is 10.0. The summed E-state index contributed by atoms with van der Waals surface area (Å²) in [6.07, 6.45) is 0.133. The van der Waals surface area contributed by atoms with Crippen molar-refractivity contribution in [2.75, 3.05) is 24.0 Å². The number of nitrogens with one attached hydrogen (secondary N) is 1. The molecular weight excluding hydrogens is 652 g/mol. The maximum atomic E-state index is 14.5. The van der Waals surface area contributed by atoms with Crippen LogP contribution in [0, 0.1) is 5.82 Å². The number of sulfonamides is 1. The molecule has 0 radical (unpaired) electrons. The van der Waals surface area contributed by atoms with Crippen molar-refractivity contribution in [1.82, 2.24) is 10.2 Å². The number of carbonyl (C=O) groups excluding carboxylic acids is 2. The van der Waals surface area contributed by atoms with Crippen LogP contribution in [0.3, 0.4) is 0 Å². The Labute approximate surface area is 278 Å². The van der Waals surface area contributed by atoms with Gasteiger partial charge in [-0.25, -0.2) is 12.8 Å². The molecule has 0 fully saturated rings. The van der Waals surface area contributed by atoms with Crippen LogP contribution in [-0.4, -0.2) is 50.9 Å². The normalized spacial score (nSPS) is 11.8. The van der Waals surface area contributed by atoms with Crippen LogP contribution in [0.4, 0.5) is 10.1 Å². The predicted molar refractivity (Wildman–Crippen MR) is 178 cm³/mol. The number of anilines is 1. The Morgan fingerprint density at radius 3 is 2.09 bits per heavy atom. The average molecular weight is 687 g/mol. The summed E-state index contributed by atoms with van der Waals surface area (Å²) in [6.45, 7) is 3.41. The number of hydrogen-bond donors (Lipinski definition) is 1. The van der Waals surface area contributed by atoms with E-state index < -0.39 is 40.2 Å². The lowest BCUT2D eigenvalue weighted by molar-refractivity contribution is -0.140. The minimum Gasteiger partial charge on any atom is -0.494 e. The van der Waals surface area contributed by atoms with E-state index in [1.54, 1.807) is 37.3 Å². The van der Waals surface area contributed by atoms with Gasteiger partial charge in [-0.2, -0.15) is 0 Å². The third-order valence-electron chi connectivity index (χ3n) is 7.13. The zero-order chi connectivity index (χ0) is 33.3. The van der Waals surface area contributed by atoms with Gasteiger partial charge in [0, 0.05) is 35.1 Å². The summed E-state index contributed by atoms with van der Waals surface area (Å²) < 4.78 is 48.3. The van der Waals surface area contributed by atoms with Crippen molar-refractivity contribution in [2.24, 2.45) is 0 Å². The first-order valence-electron chi connectivity index (χ1n) is 14.6. The number of benzene rings is 4. The number of nitrogens with zero attached hydrogens (tertiary/aromatic N) is 2. The summed E-state index contributed by atoms with van der Waals surface area (Å²) in [5.41, 5.74) is 1.34. The van der Waals surface area contributed by atoms with Gasteiger partial charge in [0.2, 0.25) is 11.8 Å². The highest BCUT2D eigenvalue weighted by Gasteiger charge is 2.35. The van der Waals surface area contributed by atoms with Crippen LogP contribution in [0.1, 0.15) is 25.0 Å². The molecule has 4 rings (SSSR count). The summed E-state index contributed by atoms with van der Waals surface area (Å²) in [6, 6.07) is 23.5. The van der Waals surface area contributed by atoms with Gasteiger partial charge in [0.25, 0.3) is 10.0 Å². The van der Waals surface area contributed by atoms with Crippen LogP contribution in [0.5, 0.6) is 5.75 Å². The fourth-order valence-electron chi connectivity index (χ4n) is 4.84. The Balaban J connectivity index is 1.82. The number of ether oxygens (including phenoxy) is 1. The molecule has 0 aromatic heterocycles. The maximum absolute atomic E-state index is 14.5. The molecule has 242 valence electrons. The molecule has 0 aliphatic carbocycles. The fraction of sp³-hybridized carbons (Fsp3) is 0.235. The summed E-state index contributed by atoms with van der Waals surface area (Å²) in [5.74, 6) is -1.23. The average Bonchev–Trinajstić information content (AvgIpc) is 3.04. The molecule has 0 aliphatic rings. The first kappa shape index (κ1) is 34.7. The van der Waals surface area contributed by atoms with Gasteiger partial charge in [0.05, 0.1) is 17.2 Å². The van der Waals surface area contributed by atoms with Gasteiger partial charge in [0.1, 0.15) is 24.2 Å². The Morgan fingerprint density at radius 1 is 0.870 bits per heavy atom. The monoisotopic (exact) mass is 685 g/mol. The van der Waals surface area contributed by atoms with Crippen LogP contribution < -0.4 is 14.4 Å². The lowest BCUT2D eigenvalue weighted by Crippen LogP contribution is -2.53. The van der Waals surface area contributed by atoms with E-state index in [1.807, 2.05) is 37.3 Å². The highest BCUT2D eigenvalue weighted by Crippen LogP contribution is 2.30. The number of likely N-dealkylation sites (N-methyl/N-ethyl adjacent to an activating group) is 1. The van der Waals surface area contributed by atoms with Crippen LogP contribution >= 0.6 is 23.2 Å². The van der Waals surface area contributed by atoms with Gasteiger partial charge < -0.3 is 15.0 Å². The van der Waals surface area contributed by atoms with E-state index in [-0.39, 0.29) is 33.6 Å². The summed E-state index contributed by atoms with van der Waals surface area (Å²) in [7, 11) is -4.40. The number of hydrogen-bond acceptors (Lipinski definition) is 5. The molecule has 0 spiro atoms. The predicted octanol–water partition coefficient (Wildman–Crippen LogP) is 6.50. The smallest absolute Gasteiger partial charge is 0.264 e. The minimum atomic E-state index is -4.40. The number of halogens is 3. The van der Waals surface area contributed by atoms with Crippen LogP contribution in [0.15, 0.2) is 102 Å². The van der Waals surface area contributed by atoms with E-state index in [0.29, 0.717) is 24.5 Å². The van der Waals surface area contributed by atoms with E-state index >= 15 is 0 Å². The molecule has 46 heavy (non-hydrogen) atoms. The lowest BCUT2D eigenvalue weighted by Gasteiger charge is -2.34. The molecule has 2 amide bonds. The van der Waals surface area contributed by atoms with Crippen molar-refractivity contribution >= 4 is 50.7 Å². The molecule has 0 saturated heterocycles. The second-order valence-electron chi connectivity index (χ2n) is 10.2. The van der Waals surface area contributed by atoms with Crippen molar-refractivity contribution in [2.45, 2.75) is 37.8 Å². The number of rotatable bonds is 14. The van der Waals surface area contributed by atoms with Gasteiger partial charge in [-0.3, -0.25) is 13.9 Å². The van der Waals surface area contributed by atoms with Crippen molar-refractivity contribution in [3.8, 4) is 5.75 Å². The molecule has 0 saturated carbocycles. The van der Waals surface area contributed by atoms with Gasteiger partial charge in [-0.1, -0.05) is 59.6 Å². The number of amides is 2. The first-order valence-corrected chi connectivity index (χ1v) is 16.8. The largest absolute Gasteiger partial charge is 0.494 e. The van der Waals surface area contributed by atoms with Gasteiger partial charge in [0.15, 0.2) is 0 Å². The molecular formula is C34H34Cl2FN3O5S. The Morgan fingerprint density at radius 2 is 1.50 bits per heavy atom. The second kappa shape index (κ2) is 15.9. The Bertz CT molecular complexity index is 1720. The van der Waals surface area contributed by atoms with Crippen molar-refractivity contribution in [1.29, 1.82) is 0 Å². The highest BCUT2D eigenvalue weighted by molar-refractivity contribution is 7.92. The standard InChI is InChI=1S/C34H34Cl2FN3O5S/c1-3-38-34(42)32(21-24-9-6-5-7-10-24)39(22-29-30(35)11-8-12-31(29)36)33(41)23-40(26-15-17-27(18-16-26)45-4-2)46(43,44)28-19-13-25(37)14-20-28/h5-20,32H,3-4,21-23H2,1-2H3,(H,38,42)/t32-/m0/s1.